The molecule has 0 aromatic heterocycles. The Bertz CT molecular complexity index is 566. The number of nitrogens with zero attached hydrogens (tertiary/aromatic N) is 3. The molecule has 1 aliphatic heterocycles. The first-order valence-electron chi connectivity index (χ1n) is 5.03. The van der Waals surface area contributed by atoms with E-state index in [1.807, 2.05) is 0 Å². The van der Waals surface area contributed by atoms with Crippen molar-refractivity contribution in [3.63, 3.8) is 0 Å². The van der Waals surface area contributed by atoms with Gasteiger partial charge in [0.05, 0.1) is 11.2 Å². The van der Waals surface area contributed by atoms with Gasteiger partial charge < -0.3 is 0 Å². The number of amides is 1. The van der Waals surface area contributed by atoms with Crippen LogP contribution in [0.1, 0.15) is 12.0 Å². The zero-order valence-electron chi connectivity index (χ0n) is 9.10. The predicted molar refractivity (Wildman–Crippen MR) is 72.7 cm³/mol. The highest BCUT2D eigenvalue weighted by Gasteiger charge is 2.12. The maximum absolute atomic E-state index is 11.5. The van der Waals surface area contributed by atoms with Crippen LogP contribution in [0.2, 0.25) is 10.0 Å². The topological polar surface area (TPSA) is 66.2 Å². The first-order valence-corrected chi connectivity index (χ1v) is 5.79. The van der Waals surface area contributed by atoms with E-state index in [0.29, 0.717) is 27.7 Å². The molecule has 1 N–H and O–H groups in total. The van der Waals surface area contributed by atoms with Gasteiger partial charge in [-0.25, -0.2) is 5.43 Å². The molecule has 0 saturated carbocycles. The van der Waals surface area contributed by atoms with Crippen LogP contribution in [0.4, 0.5) is 0 Å². The summed E-state index contributed by atoms with van der Waals surface area (Å²) in [7, 11) is 0. The molecule has 0 fully saturated rings. The lowest BCUT2D eigenvalue weighted by atomic mass is 10.2. The van der Waals surface area contributed by atoms with Crippen molar-refractivity contribution >= 4 is 47.2 Å². The summed E-state index contributed by atoms with van der Waals surface area (Å²) < 4.78 is 0. The molecule has 0 atom stereocenters. The SMILES string of the molecule is O=C(N/N=C/c1ccc(Cl)cc1Cl)C1=NN=CC1. The van der Waals surface area contributed by atoms with Gasteiger partial charge in [0.25, 0.3) is 5.91 Å². The molecule has 1 amide bonds. The molecule has 0 radical (unpaired) electrons. The van der Waals surface area contributed by atoms with E-state index in [2.05, 4.69) is 20.7 Å². The highest BCUT2D eigenvalue weighted by atomic mass is 35.5. The summed E-state index contributed by atoms with van der Waals surface area (Å²) in [5, 5.41) is 12.0. The summed E-state index contributed by atoms with van der Waals surface area (Å²) in [5.41, 5.74) is 3.33. The van der Waals surface area contributed by atoms with Gasteiger partial charge in [-0.1, -0.05) is 29.3 Å². The van der Waals surface area contributed by atoms with E-state index in [0.717, 1.165) is 0 Å². The van der Waals surface area contributed by atoms with Gasteiger partial charge in [-0.3, -0.25) is 4.79 Å². The molecule has 5 nitrogen and oxygen atoms in total. The van der Waals surface area contributed by atoms with Crippen LogP contribution in [0.5, 0.6) is 0 Å². The quantitative estimate of drug-likeness (QED) is 0.671. The fraction of sp³-hybridized carbons (Fsp3) is 0.0909. The molecule has 1 aromatic carbocycles. The summed E-state index contributed by atoms with van der Waals surface area (Å²) in [4.78, 5) is 11.5. The third-order valence-corrected chi connectivity index (χ3v) is 2.70. The van der Waals surface area contributed by atoms with E-state index >= 15 is 0 Å². The van der Waals surface area contributed by atoms with Gasteiger partial charge in [0.15, 0.2) is 0 Å². The van der Waals surface area contributed by atoms with Crippen LogP contribution in [0.3, 0.4) is 0 Å². The number of hydrazone groups is 1. The lowest BCUT2D eigenvalue weighted by Gasteiger charge is -1.99. The van der Waals surface area contributed by atoms with Crippen LogP contribution in [-0.2, 0) is 4.79 Å². The van der Waals surface area contributed by atoms with E-state index in [-0.39, 0.29) is 5.91 Å². The summed E-state index contributed by atoms with van der Waals surface area (Å²) in [6, 6.07) is 4.99. The normalized spacial score (nSPS) is 14.0. The predicted octanol–water partition coefficient (Wildman–Crippen LogP) is 2.27. The van der Waals surface area contributed by atoms with Crippen molar-refractivity contribution in [1.29, 1.82) is 0 Å². The molecule has 1 aromatic rings. The summed E-state index contributed by atoms with van der Waals surface area (Å²) in [6.45, 7) is 0. The Labute approximate surface area is 113 Å². The van der Waals surface area contributed by atoms with Gasteiger partial charge >= 0.3 is 0 Å². The van der Waals surface area contributed by atoms with Crippen molar-refractivity contribution in [2.75, 3.05) is 0 Å². The molecule has 0 saturated heterocycles. The minimum atomic E-state index is -0.381. The van der Waals surface area contributed by atoms with Crippen molar-refractivity contribution in [1.82, 2.24) is 5.43 Å². The van der Waals surface area contributed by atoms with Crippen molar-refractivity contribution in [3.8, 4) is 0 Å². The molecular weight excluding hydrogens is 275 g/mol. The number of hydrogen-bond acceptors (Lipinski definition) is 4. The van der Waals surface area contributed by atoms with Gasteiger partial charge in [-0.2, -0.15) is 10.2 Å². The summed E-state index contributed by atoms with van der Waals surface area (Å²) in [5.74, 6) is -0.381. The molecule has 7 heteroatoms. The number of carbonyl (C=O) groups is 1. The monoisotopic (exact) mass is 282 g/mol. The minimum Gasteiger partial charge on any atom is -0.266 e. The second-order valence-electron chi connectivity index (χ2n) is 3.41. The minimum absolute atomic E-state index is 0.328. The summed E-state index contributed by atoms with van der Waals surface area (Å²) >= 11 is 11.7. The molecule has 1 heterocycles. The summed E-state index contributed by atoms with van der Waals surface area (Å²) in [6.07, 6.45) is 3.41. The molecule has 92 valence electrons. The van der Waals surface area contributed by atoms with Crippen LogP contribution in [0.25, 0.3) is 0 Å². The number of benzene rings is 1. The van der Waals surface area contributed by atoms with Crippen molar-refractivity contribution in [2.45, 2.75) is 6.42 Å². The van der Waals surface area contributed by atoms with Gasteiger partial charge in [-0.15, -0.1) is 5.10 Å². The van der Waals surface area contributed by atoms with Gasteiger partial charge in [-0.05, 0) is 12.1 Å². The fourth-order valence-corrected chi connectivity index (χ4v) is 1.71. The maximum Gasteiger partial charge on any atom is 0.288 e. The molecule has 0 unspecified atom stereocenters. The van der Waals surface area contributed by atoms with E-state index in [1.165, 1.54) is 6.21 Å². The van der Waals surface area contributed by atoms with Crippen LogP contribution < -0.4 is 5.43 Å². The molecule has 0 bridgehead atoms. The molecular formula is C11H8Cl2N4O. The van der Waals surface area contributed by atoms with E-state index < -0.39 is 0 Å². The van der Waals surface area contributed by atoms with Crippen LogP contribution >= 0.6 is 23.2 Å². The highest BCUT2D eigenvalue weighted by molar-refractivity contribution is 6.41. The average molecular weight is 283 g/mol. The molecule has 18 heavy (non-hydrogen) atoms. The second kappa shape index (κ2) is 5.75. The van der Waals surface area contributed by atoms with E-state index in [9.17, 15) is 4.79 Å². The van der Waals surface area contributed by atoms with Gasteiger partial charge in [0.2, 0.25) is 0 Å². The first-order chi connectivity index (χ1) is 8.66. The molecule has 2 rings (SSSR count). The Balaban J connectivity index is 1.97. The van der Waals surface area contributed by atoms with Crippen LogP contribution in [0, 0.1) is 0 Å². The number of hydrogen-bond donors (Lipinski definition) is 1. The number of nitrogens with one attached hydrogen (secondary N) is 1. The third kappa shape index (κ3) is 3.15. The zero-order chi connectivity index (χ0) is 13.0. The van der Waals surface area contributed by atoms with Crippen LogP contribution in [0.15, 0.2) is 33.5 Å². The smallest absolute Gasteiger partial charge is 0.266 e. The first kappa shape index (κ1) is 12.7. The largest absolute Gasteiger partial charge is 0.288 e. The van der Waals surface area contributed by atoms with E-state index in [4.69, 9.17) is 23.2 Å². The lowest BCUT2D eigenvalue weighted by Crippen LogP contribution is -2.26. The maximum atomic E-state index is 11.5. The van der Waals surface area contributed by atoms with Gasteiger partial charge in [0, 0.05) is 23.2 Å². The van der Waals surface area contributed by atoms with Crippen molar-refractivity contribution in [2.24, 2.45) is 15.3 Å². The zero-order valence-corrected chi connectivity index (χ0v) is 10.6. The second-order valence-corrected chi connectivity index (χ2v) is 4.26. The number of halogens is 2. The Kier molecular flexibility index (Phi) is 4.07. The van der Waals surface area contributed by atoms with Crippen LogP contribution in [-0.4, -0.2) is 24.0 Å². The van der Waals surface area contributed by atoms with Crippen molar-refractivity contribution in [3.05, 3.63) is 33.8 Å². The third-order valence-electron chi connectivity index (χ3n) is 2.14. The Hall–Kier alpha value is -1.72. The highest BCUT2D eigenvalue weighted by Crippen LogP contribution is 2.19. The van der Waals surface area contributed by atoms with Gasteiger partial charge in [0.1, 0.15) is 5.71 Å². The Morgan fingerprint density at radius 1 is 1.44 bits per heavy atom. The standard InChI is InChI=1S/C11H8Cl2N4O/c12-8-2-1-7(9(13)5-8)6-15-17-11(18)10-3-4-14-16-10/h1-2,4-6H,3H2,(H,17,18)/b15-6+. The Morgan fingerprint density at radius 2 is 2.28 bits per heavy atom. The average Bonchev–Trinajstić information content (AvgIpc) is 2.85. The van der Waals surface area contributed by atoms with Crippen molar-refractivity contribution < 1.29 is 4.79 Å². The van der Waals surface area contributed by atoms with E-state index in [1.54, 1.807) is 24.4 Å². The fourth-order valence-electron chi connectivity index (χ4n) is 1.25. The molecule has 0 aliphatic carbocycles. The number of rotatable bonds is 3. The number of carbonyl (C=O) groups excluding carboxylic acids is 1. The lowest BCUT2D eigenvalue weighted by molar-refractivity contribution is -0.114. The molecule has 0 spiro atoms. The Morgan fingerprint density at radius 3 is 2.94 bits per heavy atom. The molecule has 1 aliphatic rings.